The van der Waals surface area contributed by atoms with Crippen LogP contribution in [0.1, 0.15) is 5.56 Å². The van der Waals surface area contributed by atoms with E-state index in [1.165, 1.54) is 0 Å². The average molecular weight is 294 g/mol. The number of rotatable bonds is 3. The van der Waals surface area contributed by atoms with Crippen molar-refractivity contribution in [2.75, 3.05) is 0 Å². The van der Waals surface area contributed by atoms with Crippen molar-refractivity contribution in [2.45, 2.75) is 24.3 Å². The second kappa shape index (κ2) is 5.21. The fraction of sp³-hybridized carbons (Fsp3) is 0.444. The lowest BCUT2D eigenvalue weighted by Crippen LogP contribution is -2.46. The van der Waals surface area contributed by atoms with Crippen LogP contribution in [0.25, 0.3) is 0 Å². The molecule has 0 bridgehead atoms. The van der Waals surface area contributed by atoms with Crippen molar-refractivity contribution in [3.63, 3.8) is 0 Å². The van der Waals surface area contributed by atoms with E-state index < -0.39 is 24.2 Å². The molecule has 0 aliphatic carbocycles. The standard InChI is InChI=1S/C9H6ClF6NO/c10-3-5-4-17-2-1-6(5)18-7(8(11,12)13)9(14,15)16/h1-2,4,7H,3H2. The second-order valence-corrected chi connectivity index (χ2v) is 3.47. The number of nitrogens with zero attached hydrogens (tertiary/aromatic N) is 1. The van der Waals surface area contributed by atoms with Crippen LogP contribution >= 0.6 is 11.6 Å². The van der Waals surface area contributed by atoms with Crippen molar-refractivity contribution in [3.8, 4) is 5.75 Å². The molecule has 0 saturated heterocycles. The van der Waals surface area contributed by atoms with Crippen LogP contribution in [-0.4, -0.2) is 23.4 Å². The van der Waals surface area contributed by atoms with Crippen LogP contribution < -0.4 is 4.74 Å². The highest BCUT2D eigenvalue weighted by molar-refractivity contribution is 6.17. The van der Waals surface area contributed by atoms with Gasteiger partial charge in [-0.05, 0) is 6.07 Å². The molecular weight excluding hydrogens is 288 g/mol. The summed E-state index contributed by atoms with van der Waals surface area (Å²) in [5.41, 5.74) is -0.0577. The SMILES string of the molecule is FC(F)(F)C(Oc1ccncc1CCl)C(F)(F)F. The van der Waals surface area contributed by atoms with E-state index >= 15 is 0 Å². The topological polar surface area (TPSA) is 22.1 Å². The first-order chi connectivity index (χ1) is 8.16. The number of hydrogen-bond acceptors (Lipinski definition) is 2. The van der Waals surface area contributed by atoms with E-state index in [0.29, 0.717) is 0 Å². The molecule has 0 saturated carbocycles. The molecule has 0 amide bonds. The predicted octanol–water partition coefficient (Wildman–Crippen LogP) is 3.69. The van der Waals surface area contributed by atoms with E-state index in [1.807, 2.05) is 0 Å². The Morgan fingerprint density at radius 3 is 2.17 bits per heavy atom. The molecule has 0 spiro atoms. The highest BCUT2D eigenvalue weighted by Crippen LogP contribution is 2.37. The molecule has 18 heavy (non-hydrogen) atoms. The maximum absolute atomic E-state index is 12.2. The van der Waals surface area contributed by atoms with Gasteiger partial charge in [-0.3, -0.25) is 4.98 Å². The summed E-state index contributed by atoms with van der Waals surface area (Å²) in [5, 5.41) is 0. The first-order valence-electron chi connectivity index (χ1n) is 4.45. The van der Waals surface area contributed by atoms with Gasteiger partial charge in [0.15, 0.2) is 0 Å². The zero-order valence-electron chi connectivity index (χ0n) is 8.52. The monoisotopic (exact) mass is 293 g/mol. The molecule has 1 aromatic heterocycles. The molecule has 1 aromatic rings. The van der Waals surface area contributed by atoms with E-state index in [2.05, 4.69) is 9.72 Å². The Balaban J connectivity index is 3.05. The van der Waals surface area contributed by atoms with Gasteiger partial charge in [-0.15, -0.1) is 11.6 Å². The molecule has 9 heteroatoms. The molecule has 0 fully saturated rings. The van der Waals surface area contributed by atoms with Gasteiger partial charge < -0.3 is 4.74 Å². The molecule has 0 unspecified atom stereocenters. The summed E-state index contributed by atoms with van der Waals surface area (Å²) in [6, 6.07) is 0.891. The normalized spacial score (nSPS) is 12.9. The molecule has 0 atom stereocenters. The van der Waals surface area contributed by atoms with E-state index in [1.54, 1.807) is 0 Å². The third kappa shape index (κ3) is 3.66. The summed E-state index contributed by atoms with van der Waals surface area (Å²) in [7, 11) is 0. The van der Waals surface area contributed by atoms with Crippen molar-refractivity contribution in [3.05, 3.63) is 24.0 Å². The maximum Gasteiger partial charge on any atom is 0.434 e. The van der Waals surface area contributed by atoms with Crippen molar-refractivity contribution in [2.24, 2.45) is 0 Å². The first kappa shape index (κ1) is 14.9. The molecule has 1 heterocycles. The minimum absolute atomic E-state index is 0.0577. The van der Waals surface area contributed by atoms with E-state index in [0.717, 1.165) is 18.5 Å². The van der Waals surface area contributed by atoms with Crippen LogP contribution in [0.15, 0.2) is 18.5 Å². The summed E-state index contributed by atoms with van der Waals surface area (Å²) >= 11 is 5.36. The minimum atomic E-state index is -5.56. The van der Waals surface area contributed by atoms with Crippen molar-refractivity contribution in [1.82, 2.24) is 4.98 Å². The summed E-state index contributed by atoms with van der Waals surface area (Å²) in [6.45, 7) is 0. The van der Waals surface area contributed by atoms with Gasteiger partial charge in [0, 0.05) is 18.0 Å². The number of halogens is 7. The van der Waals surface area contributed by atoms with E-state index in [4.69, 9.17) is 11.6 Å². The minimum Gasteiger partial charge on any atom is -0.471 e. The Labute approximate surface area is 103 Å². The van der Waals surface area contributed by atoms with Gasteiger partial charge >= 0.3 is 12.4 Å². The quantitative estimate of drug-likeness (QED) is 0.626. The van der Waals surface area contributed by atoms with Crippen LogP contribution in [0.2, 0.25) is 0 Å². The third-order valence-corrected chi connectivity index (χ3v) is 2.13. The van der Waals surface area contributed by atoms with Gasteiger partial charge in [-0.1, -0.05) is 0 Å². The smallest absolute Gasteiger partial charge is 0.434 e. The number of alkyl halides is 7. The van der Waals surface area contributed by atoms with Crippen molar-refractivity contribution >= 4 is 11.6 Å². The third-order valence-electron chi connectivity index (χ3n) is 1.84. The molecule has 0 aliphatic heterocycles. The Morgan fingerprint density at radius 2 is 1.72 bits per heavy atom. The Kier molecular flexibility index (Phi) is 4.31. The van der Waals surface area contributed by atoms with Gasteiger partial charge in [-0.25, -0.2) is 0 Å². The van der Waals surface area contributed by atoms with Crippen LogP contribution in [0.3, 0.4) is 0 Å². The lowest BCUT2D eigenvalue weighted by molar-refractivity contribution is -0.300. The Bertz CT molecular complexity index is 391. The highest BCUT2D eigenvalue weighted by Gasteiger charge is 2.59. The number of aromatic nitrogens is 1. The van der Waals surface area contributed by atoms with Crippen LogP contribution in [0.4, 0.5) is 26.3 Å². The zero-order valence-corrected chi connectivity index (χ0v) is 9.27. The zero-order chi connectivity index (χ0) is 14.0. The Hall–Kier alpha value is -1.18. The highest BCUT2D eigenvalue weighted by atomic mass is 35.5. The molecule has 102 valence electrons. The summed E-state index contributed by atoms with van der Waals surface area (Å²) in [5.74, 6) is -0.911. The number of ether oxygens (including phenoxy) is 1. The van der Waals surface area contributed by atoms with Gasteiger partial charge in [0.2, 0.25) is 0 Å². The van der Waals surface area contributed by atoms with Crippen LogP contribution in [0.5, 0.6) is 5.75 Å². The largest absolute Gasteiger partial charge is 0.471 e. The van der Waals surface area contributed by atoms with E-state index in [9.17, 15) is 26.3 Å². The molecule has 0 aromatic carbocycles. The summed E-state index contributed by atoms with van der Waals surface area (Å²) in [6.07, 6.45) is -13.0. The average Bonchev–Trinajstić information content (AvgIpc) is 2.23. The predicted molar refractivity (Wildman–Crippen MR) is 50.3 cm³/mol. The molecular formula is C9H6ClF6NO. The van der Waals surface area contributed by atoms with Crippen LogP contribution in [0, 0.1) is 0 Å². The summed E-state index contributed by atoms with van der Waals surface area (Å²) in [4.78, 5) is 3.52. The number of hydrogen-bond donors (Lipinski definition) is 0. The van der Waals surface area contributed by atoms with E-state index in [-0.39, 0.29) is 11.4 Å². The lowest BCUT2D eigenvalue weighted by Gasteiger charge is -2.24. The lowest BCUT2D eigenvalue weighted by atomic mass is 10.2. The maximum atomic E-state index is 12.2. The molecule has 0 aliphatic rings. The molecule has 2 nitrogen and oxygen atoms in total. The fourth-order valence-electron chi connectivity index (χ4n) is 1.08. The van der Waals surface area contributed by atoms with Gasteiger partial charge in [0.25, 0.3) is 6.10 Å². The Morgan fingerprint density at radius 1 is 1.17 bits per heavy atom. The second-order valence-electron chi connectivity index (χ2n) is 3.20. The molecule has 0 N–H and O–H groups in total. The molecule has 0 radical (unpaired) electrons. The first-order valence-corrected chi connectivity index (χ1v) is 4.98. The molecule has 1 rings (SSSR count). The van der Waals surface area contributed by atoms with Crippen LogP contribution in [-0.2, 0) is 5.88 Å². The number of pyridine rings is 1. The van der Waals surface area contributed by atoms with Gasteiger partial charge in [0.1, 0.15) is 5.75 Å². The van der Waals surface area contributed by atoms with Gasteiger partial charge in [0.05, 0.1) is 5.88 Å². The van der Waals surface area contributed by atoms with Crippen molar-refractivity contribution in [1.29, 1.82) is 0 Å². The summed E-state index contributed by atoms with van der Waals surface area (Å²) < 4.78 is 77.5. The van der Waals surface area contributed by atoms with Crippen molar-refractivity contribution < 1.29 is 31.1 Å². The van der Waals surface area contributed by atoms with Gasteiger partial charge in [-0.2, -0.15) is 26.3 Å². The fourth-order valence-corrected chi connectivity index (χ4v) is 1.28.